The van der Waals surface area contributed by atoms with Crippen molar-refractivity contribution in [1.82, 2.24) is 20.4 Å². The highest BCUT2D eigenvalue weighted by Crippen LogP contribution is 2.35. The van der Waals surface area contributed by atoms with Crippen LogP contribution in [-0.2, 0) is 17.9 Å². The van der Waals surface area contributed by atoms with Crippen molar-refractivity contribution in [3.63, 3.8) is 0 Å². The molecule has 0 aromatic heterocycles. The van der Waals surface area contributed by atoms with Crippen LogP contribution in [0.25, 0.3) is 0 Å². The number of nitrogens with one attached hydrogen (secondary N) is 2. The first-order valence-electron chi connectivity index (χ1n) is 12.3. The molecule has 7 nitrogen and oxygen atoms in total. The van der Waals surface area contributed by atoms with Crippen molar-refractivity contribution < 1.29 is 9.59 Å². The van der Waals surface area contributed by atoms with E-state index in [0.29, 0.717) is 60.5 Å². The number of amides is 3. The van der Waals surface area contributed by atoms with Crippen molar-refractivity contribution in [3.05, 3.63) is 69.2 Å². The summed E-state index contributed by atoms with van der Waals surface area (Å²) in [5, 5.41) is 17.1. The molecule has 0 bridgehead atoms. The number of hydrogen-bond acceptors (Lipinski definition) is 4. The van der Waals surface area contributed by atoms with E-state index in [4.69, 9.17) is 23.2 Å². The monoisotopic (exact) mass is 527 g/mol. The van der Waals surface area contributed by atoms with Crippen LogP contribution in [0.4, 0.5) is 4.79 Å². The highest BCUT2D eigenvalue weighted by Gasteiger charge is 2.51. The Morgan fingerprint density at radius 2 is 1.92 bits per heavy atom. The zero-order valence-corrected chi connectivity index (χ0v) is 22.1. The van der Waals surface area contributed by atoms with Crippen molar-refractivity contribution in [1.29, 1.82) is 5.26 Å². The number of nitriles is 1. The van der Waals surface area contributed by atoms with Gasteiger partial charge in [-0.3, -0.25) is 10.1 Å². The Labute approximate surface area is 222 Å². The molecule has 0 saturated carbocycles. The number of urea groups is 1. The Morgan fingerprint density at radius 3 is 2.58 bits per heavy atom. The topological polar surface area (TPSA) is 88.5 Å². The van der Waals surface area contributed by atoms with Gasteiger partial charge < -0.3 is 15.1 Å². The van der Waals surface area contributed by atoms with E-state index < -0.39 is 5.66 Å². The summed E-state index contributed by atoms with van der Waals surface area (Å²) in [5.74, 6) is 0.427. The van der Waals surface area contributed by atoms with E-state index in [1.165, 1.54) is 0 Å². The normalized spacial score (nSPS) is 19.1. The molecule has 2 aliphatic rings. The average Bonchev–Trinajstić information content (AvgIpc) is 3.10. The maximum Gasteiger partial charge on any atom is 0.317 e. The number of halogens is 2. The van der Waals surface area contributed by atoms with Gasteiger partial charge in [-0.2, -0.15) is 5.26 Å². The summed E-state index contributed by atoms with van der Waals surface area (Å²) < 4.78 is 0. The summed E-state index contributed by atoms with van der Waals surface area (Å²) in [6.07, 6.45) is 1.97. The van der Waals surface area contributed by atoms with Crippen LogP contribution >= 0.6 is 23.2 Å². The van der Waals surface area contributed by atoms with E-state index in [0.717, 1.165) is 17.5 Å². The fourth-order valence-electron chi connectivity index (χ4n) is 5.09. The molecule has 4 rings (SSSR count). The molecule has 3 amide bonds. The highest BCUT2D eigenvalue weighted by molar-refractivity contribution is 6.42. The highest BCUT2D eigenvalue weighted by atomic mass is 35.5. The smallest absolute Gasteiger partial charge is 0.317 e. The lowest BCUT2D eigenvalue weighted by atomic mass is 9.95. The van der Waals surface area contributed by atoms with Gasteiger partial charge in [0.25, 0.3) is 0 Å². The van der Waals surface area contributed by atoms with Crippen LogP contribution in [0.2, 0.25) is 10.0 Å². The first-order chi connectivity index (χ1) is 17.2. The van der Waals surface area contributed by atoms with E-state index in [1.807, 2.05) is 29.2 Å². The number of likely N-dealkylation sites (tertiary alicyclic amines) is 1. The van der Waals surface area contributed by atoms with Crippen LogP contribution in [-0.4, -0.2) is 46.5 Å². The molecule has 1 atom stereocenters. The maximum atomic E-state index is 13.5. The van der Waals surface area contributed by atoms with Gasteiger partial charge in [-0.15, -0.1) is 0 Å². The minimum atomic E-state index is -0.542. The van der Waals surface area contributed by atoms with Gasteiger partial charge in [0.1, 0.15) is 0 Å². The molecule has 2 saturated heterocycles. The van der Waals surface area contributed by atoms with Crippen LogP contribution in [0.15, 0.2) is 42.5 Å². The minimum absolute atomic E-state index is 0.0639. The Kier molecular flexibility index (Phi) is 8.09. The van der Waals surface area contributed by atoms with E-state index in [9.17, 15) is 14.9 Å². The number of carbonyl (C=O) groups is 2. The third kappa shape index (κ3) is 5.62. The standard InChI is InChI=1S/C27H31Cl2N5O2/c1-18(2)13-24-25(35)34(17-21-6-4-3-5-20(21)15-30)27(32-24)9-11-33(12-10-27)26(36)31-16-19-7-8-22(28)23(29)14-19/h3-8,14,18,24,32H,9-13,16-17H2,1-2H3,(H,31,36). The lowest BCUT2D eigenvalue weighted by Gasteiger charge is -2.44. The maximum absolute atomic E-state index is 13.5. The van der Waals surface area contributed by atoms with Gasteiger partial charge in [-0.25, -0.2) is 4.79 Å². The number of piperidine rings is 1. The summed E-state index contributed by atoms with van der Waals surface area (Å²) >= 11 is 12.1. The zero-order chi connectivity index (χ0) is 25.9. The number of hydrogen-bond donors (Lipinski definition) is 2. The molecular formula is C27H31Cl2N5O2. The van der Waals surface area contributed by atoms with E-state index in [-0.39, 0.29) is 18.0 Å². The second-order valence-corrected chi connectivity index (χ2v) is 10.8. The fourth-order valence-corrected chi connectivity index (χ4v) is 5.41. The Hall–Kier alpha value is -2.79. The van der Waals surface area contributed by atoms with Crippen molar-refractivity contribution in [2.45, 2.75) is 57.9 Å². The van der Waals surface area contributed by atoms with Gasteiger partial charge in [0.15, 0.2) is 0 Å². The van der Waals surface area contributed by atoms with Crippen molar-refractivity contribution in [3.8, 4) is 6.07 Å². The average molecular weight is 528 g/mol. The van der Waals surface area contributed by atoms with Gasteiger partial charge in [-0.05, 0) is 41.7 Å². The summed E-state index contributed by atoms with van der Waals surface area (Å²) in [6.45, 7) is 5.96. The molecule has 2 aromatic rings. The SMILES string of the molecule is CC(C)CC1NC2(CCN(C(=O)NCc3ccc(Cl)c(Cl)c3)CC2)N(Cc2ccccc2C#N)C1=O. The Morgan fingerprint density at radius 1 is 1.19 bits per heavy atom. The van der Waals surface area contributed by atoms with Gasteiger partial charge in [0, 0.05) is 39.0 Å². The lowest BCUT2D eigenvalue weighted by Crippen LogP contribution is -2.60. The molecule has 9 heteroatoms. The molecule has 190 valence electrons. The molecule has 36 heavy (non-hydrogen) atoms. The molecule has 0 radical (unpaired) electrons. The van der Waals surface area contributed by atoms with Crippen molar-refractivity contribution >= 4 is 35.1 Å². The molecule has 1 spiro atoms. The molecule has 0 aliphatic carbocycles. The molecule has 2 N–H and O–H groups in total. The molecule has 2 aromatic carbocycles. The van der Waals surface area contributed by atoms with Crippen LogP contribution in [0.3, 0.4) is 0 Å². The first-order valence-corrected chi connectivity index (χ1v) is 13.0. The first kappa shape index (κ1) is 26.3. The minimum Gasteiger partial charge on any atom is -0.334 e. The molecule has 2 heterocycles. The van der Waals surface area contributed by atoms with E-state index in [1.54, 1.807) is 23.1 Å². The second kappa shape index (κ2) is 11.1. The Balaban J connectivity index is 1.45. The second-order valence-electron chi connectivity index (χ2n) is 9.95. The number of nitrogens with zero attached hydrogens (tertiary/aromatic N) is 3. The fraction of sp³-hybridized carbons (Fsp3) is 0.444. The molecular weight excluding hydrogens is 497 g/mol. The van der Waals surface area contributed by atoms with Crippen LogP contribution in [0, 0.1) is 17.2 Å². The molecule has 2 aliphatic heterocycles. The number of rotatable bonds is 6. The Bertz CT molecular complexity index is 1170. The third-order valence-corrected chi connectivity index (χ3v) is 7.74. The van der Waals surface area contributed by atoms with Crippen molar-refractivity contribution in [2.75, 3.05) is 13.1 Å². The van der Waals surface area contributed by atoms with Crippen LogP contribution < -0.4 is 10.6 Å². The van der Waals surface area contributed by atoms with E-state index in [2.05, 4.69) is 30.6 Å². The van der Waals surface area contributed by atoms with Gasteiger partial charge in [-0.1, -0.05) is 61.3 Å². The lowest BCUT2D eigenvalue weighted by molar-refractivity contribution is -0.134. The van der Waals surface area contributed by atoms with Gasteiger partial charge in [0.05, 0.1) is 33.4 Å². The third-order valence-electron chi connectivity index (χ3n) is 7.00. The number of carbonyl (C=O) groups excluding carboxylic acids is 2. The summed E-state index contributed by atoms with van der Waals surface area (Å²) in [4.78, 5) is 30.1. The van der Waals surface area contributed by atoms with E-state index >= 15 is 0 Å². The van der Waals surface area contributed by atoms with Gasteiger partial charge >= 0.3 is 6.03 Å². The summed E-state index contributed by atoms with van der Waals surface area (Å²) in [5.41, 5.74) is 1.74. The summed E-state index contributed by atoms with van der Waals surface area (Å²) in [7, 11) is 0. The molecule has 1 unspecified atom stereocenters. The predicted molar refractivity (Wildman–Crippen MR) is 140 cm³/mol. The summed E-state index contributed by atoms with van der Waals surface area (Å²) in [6, 6.07) is 14.5. The predicted octanol–water partition coefficient (Wildman–Crippen LogP) is 4.91. The van der Waals surface area contributed by atoms with Crippen LogP contribution in [0.5, 0.6) is 0 Å². The zero-order valence-electron chi connectivity index (χ0n) is 20.6. The molecule has 2 fully saturated rings. The number of benzene rings is 2. The van der Waals surface area contributed by atoms with Gasteiger partial charge in [0.2, 0.25) is 5.91 Å². The van der Waals surface area contributed by atoms with Crippen LogP contribution in [0.1, 0.15) is 49.8 Å². The largest absolute Gasteiger partial charge is 0.334 e. The van der Waals surface area contributed by atoms with Crippen molar-refractivity contribution in [2.24, 2.45) is 5.92 Å². The quantitative estimate of drug-likeness (QED) is 0.558.